The van der Waals surface area contributed by atoms with Crippen LogP contribution in [0.5, 0.6) is 0 Å². The second kappa shape index (κ2) is 7.88. The number of amides is 1. The Balaban J connectivity index is 2.87. The number of carbonyl (C=O) groups excluding carboxylic acids is 2. The topological polar surface area (TPSA) is 73.9 Å². The van der Waals surface area contributed by atoms with Gasteiger partial charge in [-0.05, 0) is 50.7 Å². The predicted octanol–water partition coefficient (Wildman–Crippen LogP) is 3.96. The Kier molecular flexibility index (Phi) is 6.96. The van der Waals surface area contributed by atoms with Gasteiger partial charge in [0.15, 0.2) is 8.32 Å². The SMILES string of the molecule is COC(=O)C1C(C)C1C(CO[Si](C)(C)C(C)(C)C)NC(=O)OC(C)(C)C. The molecule has 4 atom stereocenters. The van der Waals surface area contributed by atoms with Crippen molar-refractivity contribution >= 4 is 20.4 Å². The summed E-state index contributed by atoms with van der Waals surface area (Å²) in [6, 6.07) is -0.280. The Bertz CT molecular complexity index is 521. The maximum atomic E-state index is 12.3. The van der Waals surface area contributed by atoms with Crippen molar-refractivity contribution in [1.82, 2.24) is 5.32 Å². The summed E-state index contributed by atoms with van der Waals surface area (Å²) in [5.41, 5.74) is -0.578. The molecule has 0 aromatic carbocycles. The number of hydrogen-bond acceptors (Lipinski definition) is 5. The molecule has 1 amide bonds. The largest absolute Gasteiger partial charge is 0.469 e. The molecule has 1 rings (SSSR count). The molecule has 0 heterocycles. The van der Waals surface area contributed by atoms with Crippen molar-refractivity contribution in [3.63, 3.8) is 0 Å². The third-order valence-corrected chi connectivity index (χ3v) is 10.0. The van der Waals surface area contributed by atoms with Crippen LogP contribution in [0.2, 0.25) is 18.1 Å². The third kappa shape index (κ3) is 5.98. The lowest BCUT2D eigenvalue weighted by Gasteiger charge is -2.37. The van der Waals surface area contributed by atoms with E-state index in [9.17, 15) is 9.59 Å². The highest BCUT2D eigenvalue weighted by molar-refractivity contribution is 6.74. The van der Waals surface area contributed by atoms with Gasteiger partial charge in [0, 0.05) is 0 Å². The van der Waals surface area contributed by atoms with Gasteiger partial charge in [-0.1, -0.05) is 27.7 Å². The molecule has 0 aromatic heterocycles. The number of esters is 1. The molecule has 6 nitrogen and oxygen atoms in total. The Morgan fingerprint density at radius 2 is 1.65 bits per heavy atom. The fourth-order valence-corrected chi connectivity index (χ4v) is 3.87. The zero-order chi connectivity index (χ0) is 20.5. The summed E-state index contributed by atoms with van der Waals surface area (Å²) in [5, 5.41) is 3.00. The van der Waals surface area contributed by atoms with Gasteiger partial charge in [-0.25, -0.2) is 4.79 Å². The zero-order valence-corrected chi connectivity index (χ0v) is 19.1. The first-order chi connectivity index (χ1) is 11.6. The molecule has 1 aliphatic carbocycles. The molecule has 1 aliphatic rings. The van der Waals surface area contributed by atoms with Gasteiger partial charge in [-0.2, -0.15) is 0 Å². The van der Waals surface area contributed by atoms with E-state index in [0.717, 1.165) is 0 Å². The minimum absolute atomic E-state index is 0.000244. The quantitative estimate of drug-likeness (QED) is 0.552. The first-order valence-electron chi connectivity index (χ1n) is 9.32. The molecular formula is C19H37NO5Si. The molecule has 1 saturated carbocycles. The summed E-state index contributed by atoms with van der Waals surface area (Å²) >= 11 is 0. The Labute approximate surface area is 159 Å². The van der Waals surface area contributed by atoms with Gasteiger partial charge in [0.25, 0.3) is 0 Å². The van der Waals surface area contributed by atoms with Gasteiger partial charge in [0.1, 0.15) is 5.60 Å². The molecule has 0 bridgehead atoms. The van der Waals surface area contributed by atoms with Crippen LogP contribution in [0.1, 0.15) is 48.5 Å². The number of rotatable bonds is 6. The van der Waals surface area contributed by atoms with Gasteiger partial charge in [0.2, 0.25) is 0 Å². The lowest BCUT2D eigenvalue weighted by Crippen LogP contribution is -2.48. The number of alkyl carbamates (subject to hydrolysis) is 1. The Morgan fingerprint density at radius 3 is 2.08 bits per heavy atom. The van der Waals surface area contributed by atoms with Crippen molar-refractivity contribution in [3.05, 3.63) is 0 Å². The zero-order valence-electron chi connectivity index (χ0n) is 18.1. The summed E-state index contributed by atoms with van der Waals surface area (Å²) < 4.78 is 16.6. The van der Waals surface area contributed by atoms with Gasteiger partial charge < -0.3 is 19.2 Å². The van der Waals surface area contributed by atoms with Crippen LogP contribution in [-0.4, -0.2) is 45.7 Å². The van der Waals surface area contributed by atoms with Crippen molar-refractivity contribution in [2.45, 2.75) is 78.2 Å². The van der Waals surface area contributed by atoms with Crippen LogP contribution in [0.25, 0.3) is 0 Å². The Hall–Kier alpha value is -1.08. The summed E-state index contributed by atoms with van der Waals surface area (Å²) in [5.74, 6) is -0.293. The minimum atomic E-state index is -1.97. The van der Waals surface area contributed by atoms with Gasteiger partial charge in [-0.3, -0.25) is 4.79 Å². The van der Waals surface area contributed by atoms with E-state index in [1.165, 1.54) is 7.11 Å². The van der Waals surface area contributed by atoms with Crippen LogP contribution in [-0.2, 0) is 18.7 Å². The highest BCUT2D eigenvalue weighted by atomic mass is 28.4. The standard InChI is InChI=1S/C19H37NO5Si/c1-12-14(15(12)16(21)23-8)13(20-17(22)25-18(2,3)4)11-24-26(9,10)19(5,6)7/h12-15H,11H2,1-10H3,(H,20,22). The average molecular weight is 388 g/mol. The lowest BCUT2D eigenvalue weighted by molar-refractivity contribution is -0.142. The second-order valence-corrected chi connectivity index (χ2v) is 14.6. The molecule has 0 spiro atoms. The van der Waals surface area contributed by atoms with E-state index in [2.05, 4.69) is 39.2 Å². The number of ether oxygens (including phenoxy) is 2. The number of carbonyl (C=O) groups is 2. The van der Waals surface area contributed by atoms with E-state index in [0.29, 0.717) is 6.61 Å². The van der Waals surface area contributed by atoms with Crippen LogP contribution in [0.3, 0.4) is 0 Å². The first kappa shape index (κ1) is 23.0. The predicted molar refractivity (Wildman–Crippen MR) is 104 cm³/mol. The molecule has 0 radical (unpaired) electrons. The first-order valence-corrected chi connectivity index (χ1v) is 12.2. The molecule has 1 N–H and O–H groups in total. The van der Waals surface area contributed by atoms with Crippen LogP contribution in [0.15, 0.2) is 0 Å². The van der Waals surface area contributed by atoms with Crippen LogP contribution >= 0.6 is 0 Å². The van der Waals surface area contributed by atoms with E-state index in [1.807, 2.05) is 27.7 Å². The molecule has 7 heteroatoms. The molecule has 4 unspecified atom stereocenters. The fourth-order valence-electron chi connectivity index (χ4n) is 2.84. The van der Waals surface area contributed by atoms with Crippen molar-refractivity contribution in [2.24, 2.45) is 17.8 Å². The molecule has 152 valence electrons. The van der Waals surface area contributed by atoms with E-state index < -0.39 is 20.0 Å². The lowest BCUT2D eigenvalue weighted by atomic mass is 10.1. The molecule has 0 saturated heterocycles. The Morgan fingerprint density at radius 1 is 1.12 bits per heavy atom. The smallest absolute Gasteiger partial charge is 0.407 e. The highest BCUT2D eigenvalue weighted by Gasteiger charge is 2.57. The fraction of sp³-hybridized carbons (Fsp3) is 0.895. The normalized spacial score (nSPS) is 24.6. The summed E-state index contributed by atoms with van der Waals surface area (Å²) in [6.07, 6.45) is -0.482. The molecular weight excluding hydrogens is 350 g/mol. The molecule has 1 fully saturated rings. The van der Waals surface area contributed by atoms with Crippen LogP contribution in [0.4, 0.5) is 4.79 Å². The van der Waals surface area contributed by atoms with Gasteiger partial charge in [0.05, 0.1) is 25.7 Å². The van der Waals surface area contributed by atoms with Crippen molar-refractivity contribution in [1.29, 1.82) is 0 Å². The highest BCUT2D eigenvalue weighted by Crippen LogP contribution is 2.49. The summed E-state index contributed by atoms with van der Waals surface area (Å²) in [7, 11) is -0.576. The third-order valence-electron chi connectivity index (χ3n) is 5.52. The maximum Gasteiger partial charge on any atom is 0.407 e. The average Bonchev–Trinajstić information content (AvgIpc) is 3.10. The summed E-state index contributed by atoms with van der Waals surface area (Å²) in [6.45, 7) is 18.7. The summed E-state index contributed by atoms with van der Waals surface area (Å²) in [4.78, 5) is 24.3. The van der Waals surface area contributed by atoms with Gasteiger partial charge in [-0.15, -0.1) is 0 Å². The van der Waals surface area contributed by atoms with E-state index in [1.54, 1.807) is 0 Å². The number of hydrogen-bond donors (Lipinski definition) is 1. The van der Waals surface area contributed by atoms with Gasteiger partial charge >= 0.3 is 12.1 Å². The van der Waals surface area contributed by atoms with Crippen molar-refractivity contribution < 1.29 is 23.5 Å². The van der Waals surface area contributed by atoms with E-state index in [-0.39, 0.29) is 34.8 Å². The van der Waals surface area contributed by atoms with E-state index >= 15 is 0 Å². The number of methoxy groups -OCH3 is 1. The molecule has 26 heavy (non-hydrogen) atoms. The maximum absolute atomic E-state index is 12.3. The van der Waals surface area contributed by atoms with Crippen molar-refractivity contribution in [3.8, 4) is 0 Å². The monoisotopic (exact) mass is 387 g/mol. The number of nitrogens with one attached hydrogen (secondary N) is 1. The molecule has 0 aliphatic heterocycles. The molecule has 0 aromatic rings. The van der Waals surface area contributed by atoms with Crippen molar-refractivity contribution in [2.75, 3.05) is 13.7 Å². The van der Waals surface area contributed by atoms with Crippen LogP contribution in [0, 0.1) is 17.8 Å². The van der Waals surface area contributed by atoms with E-state index in [4.69, 9.17) is 13.9 Å². The second-order valence-electron chi connectivity index (χ2n) is 9.81. The van der Waals surface area contributed by atoms with Crippen LogP contribution < -0.4 is 5.32 Å². The minimum Gasteiger partial charge on any atom is -0.469 e.